The number of rotatable bonds is 6. The van der Waals surface area contributed by atoms with E-state index in [-0.39, 0.29) is 6.10 Å². The molecule has 2 aromatic rings. The van der Waals surface area contributed by atoms with Gasteiger partial charge in [0.15, 0.2) is 0 Å². The highest BCUT2D eigenvalue weighted by molar-refractivity contribution is 6.37. The average molecular weight is 343 g/mol. The van der Waals surface area contributed by atoms with Gasteiger partial charge in [0.05, 0.1) is 22.4 Å². The van der Waals surface area contributed by atoms with E-state index in [1.165, 1.54) is 0 Å². The molecule has 0 saturated heterocycles. The molecule has 3 rings (SSSR count). The summed E-state index contributed by atoms with van der Waals surface area (Å²) in [5.41, 5.74) is 0.621. The van der Waals surface area contributed by atoms with Crippen LogP contribution in [0.2, 0.25) is 5.02 Å². The van der Waals surface area contributed by atoms with Gasteiger partial charge in [-0.05, 0) is 36.6 Å². The fourth-order valence-electron chi connectivity index (χ4n) is 2.73. The molecule has 1 N–H and O–H groups in total. The van der Waals surface area contributed by atoms with E-state index in [1.807, 2.05) is 31.2 Å². The number of allylic oxidation sites excluding steroid dienone is 1. The number of nitriles is 1. The Bertz CT molecular complexity index is 811. The van der Waals surface area contributed by atoms with E-state index >= 15 is 0 Å². The first-order valence-corrected chi connectivity index (χ1v) is 8.34. The van der Waals surface area contributed by atoms with E-state index < -0.39 is 0 Å². The van der Waals surface area contributed by atoms with Gasteiger partial charge in [0.25, 0.3) is 0 Å². The van der Waals surface area contributed by atoms with E-state index in [0.717, 1.165) is 36.0 Å². The SMILES string of the molecule is CC1=CCC(CNCCOc2ccc3cc(C#N)ccc3c2Cl)O1. The lowest BCUT2D eigenvalue weighted by Gasteiger charge is -2.14. The van der Waals surface area contributed by atoms with Crippen LogP contribution in [0.15, 0.2) is 42.2 Å². The topological polar surface area (TPSA) is 54.3 Å². The van der Waals surface area contributed by atoms with Crippen LogP contribution in [0.3, 0.4) is 0 Å². The van der Waals surface area contributed by atoms with E-state index in [2.05, 4.69) is 17.5 Å². The number of hydrogen-bond acceptors (Lipinski definition) is 4. The molecule has 1 heterocycles. The molecule has 0 spiro atoms. The Balaban J connectivity index is 1.52. The molecule has 2 aromatic carbocycles. The van der Waals surface area contributed by atoms with E-state index in [0.29, 0.717) is 22.9 Å². The first kappa shape index (κ1) is 16.6. The van der Waals surface area contributed by atoms with E-state index in [9.17, 15) is 0 Å². The highest BCUT2D eigenvalue weighted by atomic mass is 35.5. The third-order valence-corrected chi connectivity index (χ3v) is 4.37. The van der Waals surface area contributed by atoms with Crippen LogP contribution in [-0.2, 0) is 4.74 Å². The molecule has 0 amide bonds. The summed E-state index contributed by atoms with van der Waals surface area (Å²) in [5, 5.41) is 14.7. The van der Waals surface area contributed by atoms with Crippen LogP contribution in [0.1, 0.15) is 18.9 Å². The lowest BCUT2D eigenvalue weighted by molar-refractivity contribution is 0.141. The van der Waals surface area contributed by atoms with E-state index in [4.69, 9.17) is 26.3 Å². The van der Waals surface area contributed by atoms with Crippen molar-refractivity contribution in [2.75, 3.05) is 19.7 Å². The number of halogens is 1. The Morgan fingerprint density at radius 1 is 1.38 bits per heavy atom. The zero-order valence-corrected chi connectivity index (χ0v) is 14.3. The van der Waals surface area contributed by atoms with Crippen molar-refractivity contribution in [3.63, 3.8) is 0 Å². The third kappa shape index (κ3) is 3.81. The van der Waals surface area contributed by atoms with Crippen LogP contribution in [0, 0.1) is 11.3 Å². The van der Waals surface area contributed by atoms with Gasteiger partial charge < -0.3 is 14.8 Å². The lowest BCUT2D eigenvalue weighted by Crippen LogP contribution is -2.30. The summed E-state index contributed by atoms with van der Waals surface area (Å²) in [6, 6.07) is 11.3. The maximum absolute atomic E-state index is 8.95. The van der Waals surface area contributed by atoms with Crippen molar-refractivity contribution in [3.8, 4) is 11.8 Å². The van der Waals surface area contributed by atoms with E-state index in [1.54, 1.807) is 6.07 Å². The Hall–Kier alpha value is -2.22. The molecule has 5 heteroatoms. The zero-order chi connectivity index (χ0) is 16.9. The quantitative estimate of drug-likeness (QED) is 0.805. The van der Waals surface area contributed by atoms with Gasteiger partial charge in [0, 0.05) is 24.9 Å². The molecule has 1 unspecified atom stereocenters. The minimum Gasteiger partial charge on any atom is -0.494 e. The molecule has 0 aromatic heterocycles. The number of hydrogen-bond donors (Lipinski definition) is 1. The van der Waals surface area contributed by atoms with Gasteiger partial charge in [-0.1, -0.05) is 23.7 Å². The Morgan fingerprint density at radius 2 is 2.25 bits per heavy atom. The fraction of sp³-hybridized carbons (Fsp3) is 0.316. The number of nitrogens with zero attached hydrogens (tertiary/aromatic N) is 1. The maximum Gasteiger partial charge on any atom is 0.138 e. The molecule has 0 aliphatic carbocycles. The molecule has 24 heavy (non-hydrogen) atoms. The summed E-state index contributed by atoms with van der Waals surface area (Å²) in [6.07, 6.45) is 3.29. The molecule has 1 atom stereocenters. The molecule has 124 valence electrons. The minimum atomic E-state index is 0.226. The molecule has 1 aliphatic rings. The number of benzene rings is 2. The third-order valence-electron chi connectivity index (χ3n) is 3.98. The van der Waals surface area contributed by atoms with Gasteiger partial charge >= 0.3 is 0 Å². The first-order valence-electron chi connectivity index (χ1n) is 7.96. The molecular formula is C19H19ClN2O2. The molecule has 0 fully saturated rings. The largest absolute Gasteiger partial charge is 0.494 e. The summed E-state index contributed by atoms with van der Waals surface area (Å²) >= 11 is 6.41. The van der Waals surface area contributed by atoms with Crippen LogP contribution in [0.5, 0.6) is 5.75 Å². The van der Waals surface area contributed by atoms with Gasteiger partial charge in [-0.15, -0.1) is 0 Å². The van der Waals surface area contributed by atoms with Gasteiger partial charge in [-0.25, -0.2) is 0 Å². The highest BCUT2D eigenvalue weighted by Crippen LogP contribution is 2.33. The predicted octanol–water partition coefficient (Wildman–Crippen LogP) is 4.03. The molecule has 0 saturated carbocycles. The van der Waals surface area contributed by atoms with Crippen molar-refractivity contribution in [2.45, 2.75) is 19.4 Å². The van der Waals surface area contributed by atoms with Crippen LogP contribution in [0.25, 0.3) is 10.8 Å². The van der Waals surface area contributed by atoms with Gasteiger partial charge in [0.1, 0.15) is 18.5 Å². The number of fused-ring (bicyclic) bond motifs is 1. The highest BCUT2D eigenvalue weighted by Gasteiger charge is 2.14. The second-order valence-electron chi connectivity index (χ2n) is 5.77. The second kappa shape index (κ2) is 7.57. The molecule has 0 bridgehead atoms. The van der Waals surface area contributed by atoms with Gasteiger partial charge in [-0.2, -0.15) is 5.26 Å². The van der Waals surface area contributed by atoms with Crippen molar-refractivity contribution in [3.05, 3.63) is 52.8 Å². The standard InChI is InChI=1S/C19H19ClN2O2/c1-13-2-5-16(24-13)12-22-8-9-23-18-7-4-15-10-14(11-21)3-6-17(15)19(18)20/h2-4,6-7,10,16,22H,5,8-9,12H2,1H3. The van der Waals surface area contributed by atoms with Crippen molar-refractivity contribution in [1.82, 2.24) is 5.32 Å². The summed E-state index contributed by atoms with van der Waals surface area (Å²) in [7, 11) is 0. The summed E-state index contributed by atoms with van der Waals surface area (Å²) in [4.78, 5) is 0. The molecular weight excluding hydrogens is 324 g/mol. The summed E-state index contributed by atoms with van der Waals surface area (Å²) in [6.45, 7) is 4.03. The van der Waals surface area contributed by atoms with Crippen molar-refractivity contribution < 1.29 is 9.47 Å². The first-order chi connectivity index (χ1) is 11.7. The Labute approximate surface area is 146 Å². The normalized spacial score (nSPS) is 16.5. The fourth-order valence-corrected chi connectivity index (χ4v) is 3.02. The van der Waals surface area contributed by atoms with Crippen molar-refractivity contribution >= 4 is 22.4 Å². The van der Waals surface area contributed by atoms with Crippen LogP contribution < -0.4 is 10.1 Å². The number of ether oxygens (including phenoxy) is 2. The lowest BCUT2D eigenvalue weighted by atomic mass is 10.1. The maximum atomic E-state index is 8.95. The Kier molecular flexibility index (Phi) is 5.24. The molecule has 1 aliphatic heterocycles. The van der Waals surface area contributed by atoms with Crippen LogP contribution >= 0.6 is 11.6 Å². The zero-order valence-electron chi connectivity index (χ0n) is 13.5. The van der Waals surface area contributed by atoms with Crippen LogP contribution in [0.4, 0.5) is 0 Å². The van der Waals surface area contributed by atoms with Crippen molar-refractivity contribution in [1.29, 1.82) is 5.26 Å². The van der Waals surface area contributed by atoms with Gasteiger partial charge in [-0.3, -0.25) is 0 Å². The average Bonchev–Trinajstić information content (AvgIpc) is 3.01. The summed E-state index contributed by atoms with van der Waals surface area (Å²) in [5.74, 6) is 1.66. The van der Waals surface area contributed by atoms with Crippen LogP contribution in [-0.4, -0.2) is 25.8 Å². The monoisotopic (exact) mass is 342 g/mol. The predicted molar refractivity (Wildman–Crippen MR) is 95.3 cm³/mol. The number of nitrogens with one attached hydrogen (secondary N) is 1. The second-order valence-corrected chi connectivity index (χ2v) is 6.15. The minimum absolute atomic E-state index is 0.226. The summed E-state index contributed by atoms with van der Waals surface area (Å²) < 4.78 is 11.4. The smallest absolute Gasteiger partial charge is 0.138 e. The molecule has 4 nitrogen and oxygen atoms in total. The Morgan fingerprint density at radius 3 is 3.00 bits per heavy atom. The van der Waals surface area contributed by atoms with Gasteiger partial charge in [0.2, 0.25) is 0 Å². The van der Waals surface area contributed by atoms with Crippen molar-refractivity contribution in [2.24, 2.45) is 0 Å². The molecule has 0 radical (unpaired) electrons.